The second-order valence-electron chi connectivity index (χ2n) is 5.43. The molecule has 1 aliphatic heterocycles. The Hall–Kier alpha value is -2.76. The lowest BCUT2D eigenvalue weighted by Crippen LogP contribution is -2.36. The minimum absolute atomic E-state index is 0.155. The number of carbonyl (C=O) groups is 1. The quantitative estimate of drug-likeness (QED) is 0.886. The van der Waals surface area contributed by atoms with Crippen molar-refractivity contribution < 1.29 is 18.7 Å². The highest BCUT2D eigenvalue weighted by Crippen LogP contribution is 2.30. The van der Waals surface area contributed by atoms with Gasteiger partial charge in [0.05, 0.1) is 0 Å². The summed E-state index contributed by atoms with van der Waals surface area (Å²) in [7, 11) is 0. The molecule has 0 saturated heterocycles. The Bertz CT molecular complexity index is 721. The summed E-state index contributed by atoms with van der Waals surface area (Å²) in [6, 6.07) is 11.8. The van der Waals surface area contributed by atoms with E-state index in [1.807, 2.05) is 18.2 Å². The molecule has 0 fully saturated rings. The maximum Gasteiger partial charge on any atom is 0.315 e. The van der Waals surface area contributed by atoms with Crippen molar-refractivity contribution in [2.75, 3.05) is 19.8 Å². The number of rotatable bonds is 5. The molecule has 0 bridgehead atoms. The van der Waals surface area contributed by atoms with Crippen LogP contribution >= 0.6 is 0 Å². The van der Waals surface area contributed by atoms with Gasteiger partial charge >= 0.3 is 6.03 Å². The van der Waals surface area contributed by atoms with Gasteiger partial charge in [-0.15, -0.1) is 0 Å². The third-order valence-electron chi connectivity index (χ3n) is 3.70. The maximum absolute atomic E-state index is 13.5. The second-order valence-corrected chi connectivity index (χ2v) is 5.43. The number of amides is 2. The molecule has 3 rings (SSSR count). The van der Waals surface area contributed by atoms with Crippen molar-refractivity contribution in [1.29, 1.82) is 0 Å². The van der Waals surface area contributed by atoms with Crippen LogP contribution in [-0.4, -0.2) is 25.8 Å². The SMILES string of the molecule is O=C(NCCc1ccc2c(c1)OCCO2)NCc1ccccc1F. The monoisotopic (exact) mass is 330 g/mol. The van der Waals surface area contributed by atoms with Gasteiger partial charge < -0.3 is 20.1 Å². The summed E-state index contributed by atoms with van der Waals surface area (Å²) in [5, 5.41) is 5.40. The van der Waals surface area contributed by atoms with Crippen molar-refractivity contribution in [3.63, 3.8) is 0 Å². The first-order valence-corrected chi connectivity index (χ1v) is 7.86. The number of urea groups is 1. The fraction of sp³-hybridized carbons (Fsp3) is 0.278. The average molecular weight is 330 g/mol. The van der Waals surface area contributed by atoms with Crippen molar-refractivity contribution in [3.05, 3.63) is 59.4 Å². The molecule has 0 saturated carbocycles. The summed E-state index contributed by atoms with van der Waals surface area (Å²) in [6.07, 6.45) is 0.670. The Balaban J connectivity index is 1.43. The average Bonchev–Trinajstić information content (AvgIpc) is 2.61. The van der Waals surface area contributed by atoms with E-state index in [4.69, 9.17) is 9.47 Å². The number of fused-ring (bicyclic) bond motifs is 1. The molecule has 1 heterocycles. The van der Waals surface area contributed by atoms with E-state index >= 15 is 0 Å². The van der Waals surface area contributed by atoms with E-state index in [2.05, 4.69) is 10.6 Å². The lowest BCUT2D eigenvalue weighted by atomic mass is 10.1. The molecular weight excluding hydrogens is 311 g/mol. The molecule has 2 aromatic carbocycles. The second kappa shape index (κ2) is 7.68. The van der Waals surface area contributed by atoms with Gasteiger partial charge in [0.15, 0.2) is 11.5 Å². The van der Waals surface area contributed by atoms with Crippen LogP contribution in [0.4, 0.5) is 9.18 Å². The molecule has 0 aromatic heterocycles. The standard InChI is InChI=1S/C18H19FN2O3/c19-15-4-2-1-3-14(15)12-21-18(22)20-8-7-13-5-6-16-17(11-13)24-10-9-23-16/h1-6,11H,7-10,12H2,(H2,20,21,22). The Kier molecular flexibility index (Phi) is 5.15. The molecule has 126 valence electrons. The van der Waals surface area contributed by atoms with Gasteiger partial charge in [-0.05, 0) is 30.2 Å². The highest BCUT2D eigenvalue weighted by molar-refractivity contribution is 5.73. The van der Waals surface area contributed by atoms with Gasteiger partial charge in [-0.3, -0.25) is 0 Å². The van der Waals surface area contributed by atoms with Crippen LogP contribution in [0.25, 0.3) is 0 Å². The van der Waals surface area contributed by atoms with E-state index in [9.17, 15) is 9.18 Å². The maximum atomic E-state index is 13.5. The fourth-order valence-electron chi connectivity index (χ4n) is 2.44. The molecule has 0 unspecified atom stereocenters. The van der Waals surface area contributed by atoms with Gasteiger partial charge in [0.1, 0.15) is 19.0 Å². The van der Waals surface area contributed by atoms with Gasteiger partial charge in [-0.2, -0.15) is 0 Å². The lowest BCUT2D eigenvalue weighted by molar-refractivity contribution is 0.171. The van der Waals surface area contributed by atoms with E-state index < -0.39 is 0 Å². The molecule has 2 amide bonds. The minimum atomic E-state index is -0.325. The first-order chi connectivity index (χ1) is 11.7. The number of hydrogen-bond acceptors (Lipinski definition) is 3. The van der Waals surface area contributed by atoms with E-state index in [0.717, 1.165) is 17.1 Å². The molecule has 5 nitrogen and oxygen atoms in total. The Labute approximate surface area is 139 Å². The Morgan fingerprint density at radius 1 is 1.04 bits per heavy atom. The Morgan fingerprint density at radius 3 is 2.67 bits per heavy atom. The summed E-state index contributed by atoms with van der Waals surface area (Å²) < 4.78 is 24.5. The summed E-state index contributed by atoms with van der Waals surface area (Å²) >= 11 is 0. The molecule has 6 heteroatoms. The molecule has 0 aliphatic carbocycles. The molecule has 1 aliphatic rings. The van der Waals surface area contributed by atoms with Crippen LogP contribution in [0.1, 0.15) is 11.1 Å². The molecule has 24 heavy (non-hydrogen) atoms. The fourth-order valence-corrected chi connectivity index (χ4v) is 2.44. The van der Waals surface area contributed by atoms with Gasteiger partial charge in [0.25, 0.3) is 0 Å². The first kappa shape index (κ1) is 16.1. The van der Waals surface area contributed by atoms with Crippen LogP contribution < -0.4 is 20.1 Å². The third kappa shape index (κ3) is 4.16. The largest absolute Gasteiger partial charge is 0.486 e. The van der Waals surface area contributed by atoms with Crippen LogP contribution in [0.5, 0.6) is 11.5 Å². The number of carbonyl (C=O) groups excluding carboxylic acids is 1. The van der Waals surface area contributed by atoms with Crippen LogP contribution in [-0.2, 0) is 13.0 Å². The van der Waals surface area contributed by atoms with Gasteiger partial charge in [-0.25, -0.2) is 9.18 Å². The summed E-state index contributed by atoms with van der Waals surface area (Å²) in [5.41, 5.74) is 1.51. The predicted molar refractivity (Wildman–Crippen MR) is 87.8 cm³/mol. The summed E-state index contributed by atoms with van der Waals surface area (Å²) in [6.45, 7) is 1.74. The highest BCUT2D eigenvalue weighted by Gasteiger charge is 2.11. The minimum Gasteiger partial charge on any atom is -0.486 e. The van der Waals surface area contributed by atoms with E-state index in [1.54, 1.807) is 18.2 Å². The van der Waals surface area contributed by atoms with E-state index in [1.165, 1.54) is 6.07 Å². The molecule has 0 spiro atoms. The van der Waals surface area contributed by atoms with Crippen molar-refractivity contribution >= 4 is 6.03 Å². The zero-order valence-electron chi connectivity index (χ0n) is 13.2. The number of ether oxygens (including phenoxy) is 2. The van der Waals surface area contributed by atoms with E-state index in [0.29, 0.717) is 31.7 Å². The molecular formula is C18H19FN2O3. The third-order valence-corrected chi connectivity index (χ3v) is 3.70. The van der Waals surface area contributed by atoms with Gasteiger partial charge in [0, 0.05) is 18.7 Å². The molecule has 2 N–H and O–H groups in total. The van der Waals surface area contributed by atoms with Gasteiger partial charge in [-0.1, -0.05) is 24.3 Å². The normalized spacial score (nSPS) is 12.5. The predicted octanol–water partition coefficient (Wildman–Crippen LogP) is 2.64. The van der Waals surface area contributed by atoms with Crippen molar-refractivity contribution in [2.24, 2.45) is 0 Å². The van der Waals surface area contributed by atoms with Crippen molar-refractivity contribution in [2.45, 2.75) is 13.0 Å². The van der Waals surface area contributed by atoms with Crippen LogP contribution in [0.15, 0.2) is 42.5 Å². The van der Waals surface area contributed by atoms with Crippen LogP contribution in [0, 0.1) is 5.82 Å². The number of hydrogen-bond donors (Lipinski definition) is 2. The highest BCUT2D eigenvalue weighted by atomic mass is 19.1. The van der Waals surface area contributed by atoms with Crippen molar-refractivity contribution in [1.82, 2.24) is 10.6 Å². The molecule has 0 radical (unpaired) electrons. The zero-order chi connectivity index (χ0) is 16.8. The number of benzene rings is 2. The first-order valence-electron chi connectivity index (χ1n) is 7.86. The topological polar surface area (TPSA) is 59.6 Å². The molecule has 0 atom stereocenters. The summed E-state index contributed by atoms with van der Waals surface area (Å²) in [5.74, 6) is 1.16. The van der Waals surface area contributed by atoms with E-state index in [-0.39, 0.29) is 18.4 Å². The Morgan fingerprint density at radius 2 is 1.83 bits per heavy atom. The smallest absolute Gasteiger partial charge is 0.315 e. The zero-order valence-corrected chi connectivity index (χ0v) is 13.2. The van der Waals surface area contributed by atoms with Crippen LogP contribution in [0.2, 0.25) is 0 Å². The van der Waals surface area contributed by atoms with Crippen molar-refractivity contribution in [3.8, 4) is 11.5 Å². The number of halogens is 1. The summed E-state index contributed by atoms with van der Waals surface area (Å²) in [4.78, 5) is 11.8. The van der Waals surface area contributed by atoms with Gasteiger partial charge in [0.2, 0.25) is 0 Å². The lowest BCUT2D eigenvalue weighted by Gasteiger charge is -2.18. The molecule has 2 aromatic rings. The van der Waals surface area contributed by atoms with Crippen LogP contribution in [0.3, 0.4) is 0 Å². The number of nitrogens with one attached hydrogen (secondary N) is 2.